The summed E-state index contributed by atoms with van der Waals surface area (Å²) in [6.07, 6.45) is 1.11. The minimum absolute atomic E-state index is 0.337. The van der Waals surface area contributed by atoms with E-state index in [1.807, 2.05) is 0 Å². The molecule has 0 saturated carbocycles. The Hall–Kier alpha value is -1.47. The highest BCUT2D eigenvalue weighted by atomic mass is 16.6. The first-order valence-electron chi connectivity index (χ1n) is 5.39. The van der Waals surface area contributed by atoms with Gasteiger partial charge in [-0.05, 0) is 19.4 Å². The van der Waals surface area contributed by atoms with E-state index in [4.69, 9.17) is 16.6 Å². The summed E-state index contributed by atoms with van der Waals surface area (Å²) in [4.78, 5) is 32.4. The zero-order valence-electron chi connectivity index (χ0n) is 9.55. The van der Waals surface area contributed by atoms with Gasteiger partial charge in [0.05, 0.1) is 12.8 Å². The van der Waals surface area contributed by atoms with Gasteiger partial charge in [0.15, 0.2) is 0 Å². The lowest BCUT2D eigenvalue weighted by Crippen LogP contribution is -2.33. The van der Waals surface area contributed by atoms with Crippen molar-refractivity contribution in [3.8, 4) is 0 Å². The van der Waals surface area contributed by atoms with Crippen LogP contribution in [-0.4, -0.2) is 35.6 Å². The summed E-state index contributed by atoms with van der Waals surface area (Å²) in [6, 6.07) is -0.865. The number of ether oxygens (including phenoxy) is 1. The summed E-state index contributed by atoms with van der Waals surface area (Å²) in [6.45, 7) is 0.513. The predicted molar refractivity (Wildman–Crippen MR) is 58.8 cm³/mol. The van der Waals surface area contributed by atoms with E-state index in [-0.39, 0.29) is 12.8 Å². The van der Waals surface area contributed by atoms with Crippen molar-refractivity contribution in [2.75, 3.05) is 6.54 Å². The molecule has 0 fully saturated rings. The second-order valence-electron chi connectivity index (χ2n) is 3.58. The van der Waals surface area contributed by atoms with E-state index >= 15 is 0 Å². The van der Waals surface area contributed by atoms with Gasteiger partial charge < -0.3 is 21.3 Å². The molecule has 0 spiro atoms. The molecule has 0 radical (unpaired) electrons. The second kappa shape index (κ2) is 8.66. The highest BCUT2D eigenvalue weighted by Crippen LogP contribution is 2.01. The smallest absolute Gasteiger partial charge is 0.330 e. The molecule has 0 aromatic heterocycles. The molecule has 1 unspecified atom stereocenters. The van der Waals surface area contributed by atoms with Crippen molar-refractivity contribution in [1.82, 2.24) is 0 Å². The number of hydrogen-bond acceptors (Lipinski definition) is 6. The molecule has 17 heavy (non-hydrogen) atoms. The number of hydrogen-bond donors (Lipinski definition) is 3. The molecule has 0 amide bonds. The molecule has 5 N–H and O–H groups in total. The average Bonchev–Trinajstić information content (AvgIpc) is 2.26. The van der Waals surface area contributed by atoms with Gasteiger partial charge in [0.1, 0.15) is 6.04 Å². The third-order valence-electron chi connectivity index (χ3n) is 2.03. The van der Waals surface area contributed by atoms with Crippen LogP contribution in [0.5, 0.6) is 0 Å². The van der Waals surface area contributed by atoms with Crippen LogP contribution in [0.4, 0.5) is 0 Å². The Labute approximate surface area is 99.1 Å². The van der Waals surface area contributed by atoms with Crippen LogP contribution in [0.2, 0.25) is 0 Å². The van der Waals surface area contributed by atoms with Crippen LogP contribution in [0.3, 0.4) is 0 Å². The lowest BCUT2D eigenvalue weighted by Gasteiger charge is -2.09. The molecule has 0 aliphatic rings. The van der Waals surface area contributed by atoms with E-state index in [1.165, 1.54) is 0 Å². The molecule has 7 heteroatoms. The first-order valence-corrected chi connectivity index (χ1v) is 5.39. The Morgan fingerprint density at radius 1 is 1.18 bits per heavy atom. The van der Waals surface area contributed by atoms with Gasteiger partial charge in [0.25, 0.3) is 0 Å². The van der Waals surface area contributed by atoms with Crippen LogP contribution < -0.4 is 11.5 Å². The highest BCUT2D eigenvalue weighted by molar-refractivity contribution is 5.89. The quantitative estimate of drug-likeness (QED) is 0.295. The van der Waals surface area contributed by atoms with Crippen molar-refractivity contribution >= 4 is 17.9 Å². The summed E-state index contributed by atoms with van der Waals surface area (Å²) < 4.78 is 4.40. The maximum absolute atomic E-state index is 11.2. The minimum atomic E-state index is -1.12. The SMILES string of the molecule is NCCCCC(N)C(=O)OC(=O)CCC(=O)O. The van der Waals surface area contributed by atoms with Crippen LogP contribution in [0.15, 0.2) is 0 Å². The Bertz CT molecular complexity index is 280. The van der Waals surface area contributed by atoms with Crippen LogP contribution in [-0.2, 0) is 19.1 Å². The number of esters is 2. The highest BCUT2D eigenvalue weighted by Gasteiger charge is 2.18. The van der Waals surface area contributed by atoms with Crippen molar-refractivity contribution < 1.29 is 24.2 Å². The fourth-order valence-electron chi connectivity index (χ4n) is 1.07. The van der Waals surface area contributed by atoms with Crippen LogP contribution in [0.1, 0.15) is 32.1 Å². The Kier molecular flexibility index (Phi) is 7.91. The van der Waals surface area contributed by atoms with Crippen LogP contribution >= 0.6 is 0 Å². The van der Waals surface area contributed by atoms with Crippen LogP contribution in [0.25, 0.3) is 0 Å². The van der Waals surface area contributed by atoms with Gasteiger partial charge in [-0.1, -0.05) is 6.42 Å². The summed E-state index contributed by atoms with van der Waals surface area (Å²) in [5.74, 6) is -2.81. The molecule has 0 saturated heterocycles. The van der Waals surface area contributed by atoms with Gasteiger partial charge in [-0.15, -0.1) is 0 Å². The third-order valence-corrected chi connectivity index (χ3v) is 2.03. The molecule has 0 aliphatic heterocycles. The van der Waals surface area contributed by atoms with Crippen molar-refractivity contribution in [2.45, 2.75) is 38.1 Å². The maximum atomic E-state index is 11.2. The number of carboxylic acids is 1. The molecule has 0 aromatic rings. The molecule has 0 rings (SSSR count). The predicted octanol–water partition coefficient (Wildman–Crippen LogP) is -0.623. The molecule has 0 bridgehead atoms. The maximum Gasteiger partial charge on any atom is 0.330 e. The standard InChI is InChI=1S/C10H18N2O5/c11-6-2-1-3-7(12)10(16)17-9(15)5-4-8(13)14/h7H,1-6,11-12H2,(H,13,14). The van der Waals surface area contributed by atoms with Gasteiger partial charge in [-0.3, -0.25) is 9.59 Å². The molecule has 7 nitrogen and oxygen atoms in total. The normalized spacial score (nSPS) is 11.9. The van der Waals surface area contributed by atoms with E-state index in [9.17, 15) is 14.4 Å². The van der Waals surface area contributed by atoms with Gasteiger partial charge in [-0.2, -0.15) is 0 Å². The Morgan fingerprint density at radius 3 is 2.35 bits per heavy atom. The number of nitrogens with two attached hydrogens (primary N) is 2. The summed E-state index contributed by atoms with van der Waals surface area (Å²) >= 11 is 0. The zero-order valence-corrected chi connectivity index (χ0v) is 9.55. The molecule has 0 heterocycles. The first kappa shape index (κ1) is 15.5. The van der Waals surface area contributed by atoms with Gasteiger partial charge in [-0.25, -0.2) is 4.79 Å². The molecular weight excluding hydrogens is 228 g/mol. The van der Waals surface area contributed by atoms with Crippen molar-refractivity contribution in [2.24, 2.45) is 11.5 Å². The third kappa shape index (κ3) is 8.35. The molecule has 0 aromatic carbocycles. The lowest BCUT2D eigenvalue weighted by molar-refractivity contribution is -0.162. The first-order chi connectivity index (χ1) is 7.97. The number of carbonyl (C=O) groups is 3. The Balaban J connectivity index is 3.82. The van der Waals surface area contributed by atoms with Crippen molar-refractivity contribution in [3.63, 3.8) is 0 Å². The fraction of sp³-hybridized carbons (Fsp3) is 0.700. The zero-order chi connectivity index (χ0) is 13.3. The number of carboxylic acid groups (broad SMARTS) is 1. The Morgan fingerprint density at radius 2 is 1.82 bits per heavy atom. The molecular formula is C10H18N2O5. The minimum Gasteiger partial charge on any atom is -0.481 e. The fourth-order valence-corrected chi connectivity index (χ4v) is 1.07. The number of carbonyl (C=O) groups excluding carboxylic acids is 2. The average molecular weight is 246 g/mol. The van der Waals surface area contributed by atoms with Gasteiger partial charge >= 0.3 is 17.9 Å². The van der Waals surface area contributed by atoms with E-state index < -0.39 is 23.9 Å². The van der Waals surface area contributed by atoms with Gasteiger partial charge in [0.2, 0.25) is 0 Å². The number of rotatable bonds is 8. The summed E-state index contributed by atoms with van der Waals surface area (Å²) in [5.41, 5.74) is 10.8. The monoisotopic (exact) mass is 246 g/mol. The van der Waals surface area contributed by atoms with Crippen molar-refractivity contribution in [3.05, 3.63) is 0 Å². The van der Waals surface area contributed by atoms with E-state index in [0.717, 1.165) is 6.42 Å². The lowest BCUT2D eigenvalue weighted by atomic mass is 10.1. The number of aliphatic carboxylic acids is 1. The van der Waals surface area contributed by atoms with E-state index in [1.54, 1.807) is 0 Å². The molecule has 1 atom stereocenters. The van der Waals surface area contributed by atoms with Crippen LogP contribution in [0, 0.1) is 0 Å². The topological polar surface area (TPSA) is 133 Å². The van der Waals surface area contributed by atoms with E-state index in [0.29, 0.717) is 19.4 Å². The second-order valence-corrected chi connectivity index (χ2v) is 3.58. The van der Waals surface area contributed by atoms with E-state index in [2.05, 4.69) is 4.74 Å². The summed E-state index contributed by atoms with van der Waals surface area (Å²) in [5, 5.41) is 8.32. The van der Waals surface area contributed by atoms with Crippen molar-refractivity contribution in [1.29, 1.82) is 0 Å². The molecule has 0 aliphatic carbocycles. The molecule has 98 valence electrons. The summed E-state index contributed by atoms with van der Waals surface area (Å²) in [7, 11) is 0. The van der Waals surface area contributed by atoms with Gasteiger partial charge in [0, 0.05) is 0 Å². The number of unbranched alkanes of at least 4 members (excludes halogenated alkanes) is 1. The largest absolute Gasteiger partial charge is 0.481 e.